The molecule has 0 aliphatic rings. The maximum absolute atomic E-state index is 11.9. The fourth-order valence-electron chi connectivity index (χ4n) is 2.68. The minimum atomic E-state index is -0.300. The second-order valence-electron chi connectivity index (χ2n) is 5.95. The Morgan fingerprint density at radius 3 is 1.82 bits per heavy atom. The number of amides is 1. The smallest absolute Gasteiger partial charge is 0.220 e. The molecule has 0 aliphatic carbocycles. The molecule has 0 fully saturated rings. The van der Waals surface area contributed by atoms with Crippen LogP contribution in [0.3, 0.4) is 0 Å². The second-order valence-corrected chi connectivity index (χ2v) is 5.95. The third-order valence-corrected chi connectivity index (χ3v) is 3.02. The molecule has 0 aromatic heterocycles. The molecule has 0 saturated carbocycles. The molecule has 1 aromatic carbocycles. The predicted molar refractivity (Wildman–Crippen MR) is 71.7 cm³/mol. The SMILES string of the molecule is CC(=O)N(C(C)(C)C)C(C)(C)c1ccccc1. The Kier molecular flexibility index (Phi) is 3.65. The van der Waals surface area contributed by atoms with E-state index in [2.05, 4.69) is 46.8 Å². The molecule has 0 saturated heterocycles. The molecule has 0 atom stereocenters. The summed E-state index contributed by atoms with van der Waals surface area (Å²) in [5.41, 5.74) is 0.668. The molecule has 0 bridgehead atoms. The lowest BCUT2D eigenvalue weighted by molar-refractivity contribution is -0.141. The van der Waals surface area contributed by atoms with Crippen molar-refractivity contribution in [3.63, 3.8) is 0 Å². The summed E-state index contributed by atoms with van der Waals surface area (Å²) < 4.78 is 0. The molecule has 0 N–H and O–H groups in total. The lowest BCUT2D eigenvalue weighted by Gasteiger charge is -2.47. The van der Waals surface area contributed by atoms with Gasteiger partial charge in [0.05, 0.1) is 5.54 Å². The molecule has 0 radical (unpaired) electrons. The lowest BCUT2D eigenvalue weighted by atomic mass is 9.87. The van der Waals surface area contributed by atoms with Crippen molar-refractivity contribution in [3.8, 4) is 0 Å². The van der Waals surface area contributed by atoms with E-state index in [1.165, 1.54) is 0 Å². The van der Waals surface area contributed by atoms with Gasteiger partial charge in [0.15, 0.2) is 0 Å². The van der Waals surface area contributed by atoms with Crippen molar-refractivity contribution in [1.82, 2.24) is 4.90 Å². The van der Waals surface area contributed by atoms with Crippen LogP contribution in [-0.4, -0.2) is 16.3 Å². The standard InChI is InChI=1S/C15H23NO/c1-12(17)16(14(2,3)4)15(5,6)13-10-8-7-9-11-13/h7-11H,1-6H3. The van der Waals surface area contributed by atoms with Crippen molar-refractivity contribution in [1.29, 1.82) is 0 Å². The largest absolute Gasteiger partial charge is 0.329 e. The summed E-state index contributed by atoms with van der Waals surface area (Å²) in [4.78, 5) is 13.9. The zero-order valence-corrected chi connectivity index (χ0v) is 11.7. The van der Waals surface area contributed by atoms with Crippen molar-refractivity contribution in [3.05, 3.63) is 35.9 Å². The number of hydrogen-bond donors (Lipinski definition) is 0. The van der Waals surface area contributed by atoms with Gasteiger partial charge in [0.2, 0.25) is 5.91 Å². The maximum atomic E-state index is 11.9. The molecule has 0 spiro atoms. The van der Waals surface area contributed by atoms with Crippen molar-refractivity contribution in [2.75, 3.05) is 0 Å². The second kappa shape index (κ2) is 4.52. The van der Waals surface area contributed by atoms with Gasteiger partial charge in [0, 0.05) is 12.5 Å². The highest BCUT2D eigenvalue weighted by molar-refractivity contribution is 5.75. The molecule has 2 nitrogen and oxygen atoms in total. The Labute approximate surface area is 105 Å². The summed E-state index contributed by atoms with van der Waals surface area (Å²) in [5, 5.41) is 0. The van der Waals surface area contributed by atoms with E-state index in [1.54, 1.807) is 6.92 Å². The normalized spacial score (nSPS) is 12.4. The molecule has 0 unspecified atom stereocenters. The van der Waals surface area contributed by atoms with Crippen LogP contribution in [0.5, 0.6) is 0 Å². The van der Waals surface area contributed by atoms with E-state index in [-0.39, 0.29) is 17.0 Å². The fourth-order valence-corrected chi connectivity index (χ4v) is 2.68. The number of rotatable bonds is 2. The highest BCUT2D eigenvalue weighted by Gasteiger charge is 2.37. The first kappa shape index (κ1) is 13.8. The first-order valence-corrected chi connectivity index (χ1v) is 6.04. The van der Waals surface area contributed by atoms with E-state index >= 15 is 0 Å². The quantitative estimate of drug-likeness (QED) is 0.764. The van der Waals surface area contributed by atoms with Crippen molar-refractivity contribution in [2.24, 2.45) is 0 Å². The van der Waals surface area contributed by atoms with Crippen LogP contribution in [0.15, 0.2) is 30.3 Å². The van der Waals surface area contributed by atoms with E-state index in [9.17, 15) is 4.79 Å². The molecule has 1 rings (SSSR count). The molecular formula is C15H23NO. The highest BCUT2D eigenvalue weighted by Crippen LogP contribution is 2.33. The lowest BCUT2D eigenvalue weighted by Crippen LogP contribution is -2.54. The number of carbonyl (C=O) groups excluding carboxylic acids is 1. The van der Waals surface area contributed by atoms with E-state index in [1.807, 2.05) is 23.1 Å². The van der Waals surface area contributed by atoms with Gasteiger partial charge in [-0.1, -0.05) is 30.3 Å². The Morgan fingerprint density at radius 2 is 1.47 bits per heavy atom. The monoisotopic (exact) mass is 233 g/mol. The van der Waals surface area contributed by atoms with Gasteiger partial charge in [0.1, 0.15) is 0 Å². The number of carbonyl (C=O) groups is 1. The maximum Gasteiger partial charge on any atom is 0.220 e. The van der Waals surface area contributed by atoms with Gasteiger partial charge in [0.25, 0.3) is 0 Å². The summed E-state index contributed by atoms with van der Waals surface area (Å²) in [6, 6.07) is 10.2. The van der Waals surface area contributed by atoms with E-state index < -0.39 is 0 Å². The average molecular weight is 233 g/mol. The molecular weight excluding hydrogens is 210 g/mol. The highest BCUT2D eigenvalue weighted by atomic mass is 16.2. The van der Waals surface area contributed by atoms with Crippen LogP contribution in [0.25, 0.3) is 0 Å². The molecule has 94 valence electrons. The summed E-state index contributed by atoms with van der Waals surface area (Å²) in [5.74, 6) is 0.103. The predicted octanol–water partition coefficient (Wildman–Crippen LogP) is 3.57. The minimum Gasteiger partial charge on any atom is -0.329 e. The topological polar surface area (TPSA) is 20.3 Å². The molecule has 0 aliphatic heterocycles. The Balaban J connectivity index is 3.23. The Bertz CT molecular complexity index is 387. The van der Waals surface area contributed by atoms with Crippen LogP contribution in [0.2, 0.25) is 0 Å². The van der Waals surface area contributed by atoms with E-state index in [0.717, 1.165) is 5.56 Å². The molecule has 17 heavy (non-hydrogen) atoms. The molecule has 1 aromatic rings. The van der Waals surface area contributed by atoms with Crippen LogP contribution < -0.4 is 0 Å². The van der Waals surface area contributed by atoms with Crippen molar-refractivity contribution in [2.45, 2.75) is 52.6 Å². The summed E-state index contributed by atoms with van der Waals surface area (Å²) in [7, 11) is 0. The number of benzene rings is 1. The summed E-state index contributed by atoms with van der Waals surface area (Å²) >= 11 is 0. The van der Waals surface area contributed by atoms with Crippen LogP contribution >= 0.6 is 0 Å². The Morgan fingerprint density at radius 1 is 1.00 bits per heavy atom. The first-order chi connectivity index (χ1) is 7.67. The summed E-state index contributed by atoms with van der Waals surface area (Å²) in [6.07, 6.45) is 0. The van der Waals surface area contributed by atoms with Crippen LogP contribution in [0, 0.1) is 0 Å². The van der Waals surface area contributed by atoms with Crippen LogP contribution in [-0.2, 0) is 10.3 Å². The van der Waals surface area contributed by atoms with Crippen molar-refractivity contribution >= 4 is 5.91 Å². The van der Waals surface area contributed by atoms with Gasteiger partial charge >= 0.3 is 0 Å². The van der Waals surface area contributed by atoms with Gasteiger partial charge in [-0.25, -0.2) is 0 Å². The zero-order valence-electron chi connectivity index (χ0n) is 11.7. The van der Waals surface area contributed by atoms with Crippen LogP contribution in [0.4, 0.5) is 0 Å². The molecule has 1 amide bonds. The third-order valence-electron chi connectivity index (χ3n) is 3.02. The zero-order chi connectivity index (χ0) is 13.3. The van der Waals surface area contributed by atoms with Gasteiger partial charge in [-0.2, -0.15) is 0 Å². The Hall–Kier alpha value is -1.31. The van der Waals surface area contributed by atoms with Gasteiger partial charge in [-0.15, -0.1) is 0 Å². The average Bonchev–Trinajstić information content (AvgIpc) is 2.15. The van der Waals surface area contributed by atoms with Crippen molar-refractivity contribution < 1.29 is 4.79 Å². The van der Waals surface area contributed by atoms with Gasteiger partial charge < -0.3 is 4.90 Å². The minimum absolute atomic E-state index is 0.103. The van der Waals surface area contributed by atoms with Gasteiger partial charge in [-0.3, -0.25) is 4.79 Å². The third kappa shape index (κ3) is 2.87. The summed E-state index contributed by atoms with van der Waals surface area (Å²) in [6.45, 7) is 12.0. The first-order valence-electron chi connectivity index (χ1n) is 6.04. The molecule has 0 heterocycles. The van der Waals surface area contributed by atoms with Gasteiger partial charge in [-0.05, 0) is 40.2 Å². The molecule has 2 heteroatoms. The number of hydrogen-bond acceptors (Lipinski definition) is 1. The van der Waals surface area contributed by atoms with E-state index in [0.29, 0.717) is 0 Å². The fraction of sp³-hybridized carbons (Fsp3) is 0.533. The van der Waals surface area contributed by atoms with Crippen LogP contribution in [0.1, 0.15) is 47.1 Å². The van der Waals surface area contributed by atoms with E-state index in [4.69, 9.17) is 0 Å². The number of nitrogens with zero attached hydrogens (tertiary/aromatic N) is 1.